The van der Waals surface area contributed by atoms with E-state index in [9.17, 15) is 23.1 Å². The molecular formula is C35H44N4O7S. The van der Waals surface area contributed by atoms with Crippen molar-refractivity contribution in [3.05, 3.63) is 81.5 Å². The number of nitrogens with one attached hydrogen (secondary N) is 2. The summed E-state index contributed by atoms with van der Waals surface area (Å²) in [5, 5.41) is 20.3. The number of ether oxygens (including phenoxy) is 2. The van der Waals surface area contributed by atoms with E-state index < -0.39 is 39.7 Å². The lowest BCUT2D eigenvalue weighted by atomic mass is 9.79. The van der Waals surface area contributed by atoms with E-state index in [1.54, 1.807) is 6.92 Å². The van der Waals surface area contributed by atoms with Gasteiger partial charge in [0.25, 0.3) is 10.0 Å². The number of unbranched alkanes of at least 4 members (excludes halogenated alkanes) is 1. The number of aliphatic carboxylic acids is 1. The molecule has 3 atom stereocenters. The molecular weight excluding hydrogens is 620 g/mol. The fourth-order valence-electron chi connectivity index (χ4n) is 7.25. The number of carboxylic acid groups (broad SMARTS) is 1. The number of carbonyl (C=O) groups is 2. The fourth-order valence-corrected chi connectivity index (χ4v) is 9.29. The van der Waals surface area contributed by atoms with Gasteiger partial charge in [-0.3, -0.25) is 5.41 Å². The van der Waals surface area contributed by atoms with E-state index in [2.05, 4.69) is 5.32 Å². The molecule has 0 aromatic heterocycles. The maximum atomic E-state index is 14.0. The van der Waals surface area contributed by atoms with Crippen LogP contribution in [0.5, 0.6) is 0 Å². The van der Waals surface area contributed by atoms with Gasteiger partial charge in [0.1, 0.15) is 24.0 Å². The number of nitrogens with zero attached hydrogens (tertiary/aromatic N) is 1. The minimum atomic E-state index is -4.16. The molecule has 0 spiro atoms. The number of fused-ring (bicyclic) bond motifs is 4. The molecule has 2 aliphatic carbocycles. The third-order valence-electron chi connectivity index (χ3n) is 9.63. The Morgan fingerprint density at radius 1 is 1.09 bits per heavy atom. The van der Waals surface area contributed by atoms with Gasteiger partial charge >= 0.3 is 12.1 Å². The number of alkyl carbamates (subject to hydrolysis) is 1. The Kier molecular flexibility index (Phi) is 9.45. The number of carbonyl (C=O) groups excluding carboxylic acids is 1. The number of benzene rings is 2. The topological polar surface area (TPSA) is 172 Å². The summed E-state index contributed by atoms with van der Waals surface area (Å²) >= 11 is 0. The van der Waals surface area contributed by atoms with Crippen molar-refractivity contribution in [3.8, 4) is 11.1 Å². The second-order valence-electron chi connectivity index (χ2n) is 13.3. The van der Waals surface area contributed by atoms with Crippen LogP contribution in [0, 0.1) is 17.2 Å². The van der Waals surface area contributed by atoms with Gasteiger partial charge in [-0.05, 0) is 86.8 Å². The summed E-state index contributed by atoms with van der Waals surface area (Å²) in [7, 11) is -4.16. The molecule has 5 N–H and O–H groups in total. The van der Waals surface area contributed by atoms with Gasteiger partial charge in [-0.2, -0.15) is 0 Å². The minimum absolute atomic E-state index is 0.0309. The zero-order valence-electron chi connectivity index (χ0n) is 27.5. The summed E-state index contributed by atoms with van der Waals surface area (Å²) in [6, 6.07) is 14.6. The van der Waals surface area contributed by atoms with Crippen LogP contribution < -0.4 is 11.1 Å². The second-order valence-corrected chi connectivity index (χ2v) is 15.1. The van der Waals surface area contributed by atoms with Crippen molar-refractivity contribution in [3.63, 3.8) is 0 Å². The molecule has 1 amide bonds. The third-order valence-corrected chi connectivity index (χ3v) is 11.8. The zero-order chi connectivity index (χ0) is 34.3. The van der Waals surface area contributed by atoms with E-state index in [0.29, 0.717) is 12.0 Å². The normalized spacial score (nSPS) is 20.5. The molecule has 252 valence electrons. The number of allylic oxidation sites excluding steroid dienone is 4. The van der Waals surface area contributed by atoms with Gasteiger partial charge in [0.15, 0.2) is 0 Å². The highest BCUT2D eigenvalue weighted by Crippen LogP contribution is 2.51. The molecule has 2 aromatic carbocycles. The first-order valence-electron chi connectivity index (χ1n) is 16.0. The van der Waals surface area contributed by atoms with Crippen LogP contribution in [-0.4, -0.2) is 60.6 Å². The predicted octanol–water partition coefficient (Wildman–Crippen LogP) is 5.69. The highest BCUT2D eigenvalue weighted by molar-refractivity contribution is 7.93. The predicted molar refractivity (Wildman–Crippen MR) is 179 cm³/mol. The first kappa shape index (κ1) is 34.0. The maximum absolute atomic E-state index is 14.0. The lowest BCUT2D eigenvalue weighted by Crippen LogP contribution is -2.44. The van der Waals surface area contributed by atoms with Crippen molar-refractivity contribution < 1.29 is 32.6 Å². The van der Waals surface area contributed by atoms with Crippen molar-refractivity contribution >= 4 is 28.0 Å². The van der Waals surface area contributed by atoms with Crippen LogP contribution in [0.25, 0.3) is 11.1 Å². The summed E-state index contributed by atoms with van der Waals surface area (Å²) in [6.07, 6.45) is 0.322. The van der Waals surface area contributed by atoms with Crippen LogP contribution in [0.2, 0.25) is 0 Å². The molecule has 11 nitrogen and oxygen atoms in total. The number of nitrogens with two attached hydrogens (primary N) is 1. The Labute approximate surface area is 276 Å². The van der Waals surface area contributed by atoms with Crippen LogP contribution in [0.3, 0.4) is 0 Å². The molecule has 0 radical (unpaired) electrons. The number of sulfonamides is 1. The average molecular weight is 665 g/mol. The molecule has 5 rings (SSSR count). The van der Waals surface area contributed by atoms with Gasteiger partial charge in [0, 0.05) is 24.3 Å². The van der Waals surface area contributed by atoms with Gasteiger partial charge in [-0.25, -0.2) is 22.3 Å². The number of rotatable bonds is 11. The zero-order valence-corrected chi connectivity index (χ0v) is 28.3. The van der Waals surface area contributed by atoms with E-state index in [-0.39, 0.29) is 55.1 Å². The summed E-state index contributed by atoms with van der Waals surface area (Å²) in [5.74, 6) is -1.67. The minimum Gasteiger partial charge on any atom is -0.492 e. The van der Waals surface area contributed by atoms with Gasteiger partial charge < -0.3 is 25.6 Å². The van der Waals surface area contributed by atoms with Gasteiger partial charge in [-0.1, -0.05) is 55.5 Å². The van der Waals surface area contributed by atoms with Gasteiger partial charge in [0.2, 0.25) is 5.96 Å². The molecule has 1 heterocycles. The highest BCUT2D eigenvalue weighted by Gasteiger charge is 2.48. The number of guanidine groups is 1. The van der Waals surface area contributed by atoms with E-state index >= 15 is 0 Å². The molecule has 1 fully saturated rings. The number of hydrogen-bond acceptors (Lipinski definition) is 7. The molecule has 3 aliphatic rings. The number of amides is 1. The summed E-state index contributed by atoms with van der Waals surface area (Å²) in [5.41, 5.74) is 11.0. The Morgan fingerprint density at radius 2 is 1.68 bits per heavy atom. The highest BCUT2D eigenvalue weighted by atomic mass is 32.2. The maximum Gasteiger partial charge on any atom is 0.407 e. The van der Waals surface area contributed by atoms with E-state index in [1.165, 1.54) is 0 Å². The summed E-state index contributed by atoms with van der Waals surface area (Å²) < 4.78 is 40.5. The standard InChI is InChI=1S/C35H44N4O7S/c1-20-21(2)31(22(3)27-18-35(4,5)46-30(20)27)47(43,44)39(33(36)37)17-11-10-16-29(32(40)41)38-34(42)45-19-28-25-14-8-6-12-23(25)24-13-7-9-15-26(24)28/h6-9,12-15,22,27-29H,10-11,16-19H2,1-5H3,(H3,36,37)(H,38,42)(H,40,41)/t22?,27?,29-/m0/s1. The lowest BCUT2D eigenvalue weighted by Gasteiger charge is -2.33. The Balaban J connectivity index is 1.18. The van der Waals surface area contributed by atoms with Gasteiger partial charge in [-0.15, -0.1) is 0 Å². The van der Waals surface area contributed by atoms with Crippen molar-refractivity contribution in [2.24, 2.45) is 17.6 Å². The van der Waals surface area contributed by atoms with Gasteiger partial charge in [0.05, 0.1) is 4.91 Å². The summed E-state index contributed by atoms with van der Waals surface area (Å²) in [4.78, 5) is 25.0. The summed E-state index contributed by atoms with van der Waals surface area (Å²) in [6.45, 7) is 9.37. The van der Waals surface area contributed by atoms with Crippen LogP contribution in [0.15, 0.2) is 70.3 Å². The smallest absolute Gasteiger partial charge is 0.407 e. The largest absolute Gasteiger partial charge is 0.492 e. The van der Waals surface area contributed by atoms with Crippen LogP contribution >= 0.6 is 0 Å². The van der Waals surface area contributed by atoms with Crippen LogP contribution in [-0.2, 0) is 24.3 Å². The van der Waals surface area contributed by atoms with E-state index in [1.807, 2.05) is 76.2 Å². The first-order chi connectivity index (χ1) is 22.1. The number of carboxylic acids is 1. The van der Waals surface area contributed by atoms with Crippen molar-refractivity contribution in [2.75, 3.05) is 13.2 Å². The van der Waals surface area contributed by atoms with Crippen molar-refractivity contribution in [1.29, 1.82) is 5.41 Å². The average Bonchev–Trinajstić information content (AvgIpc) is 3.51. The Morgan fingerprint density at radius 3 is 2.26 bits per heavy atom. The van der Waals surface area contributed by atoms with Crippen molar-refractivity contribution in [2.45, 2.75) is 77.9 Å². The molecule has 0 saturated carbocycles. The molecule has 47 heavy (non-hydrogen) atoms. The molecule has 0 bridgehead atoms. The van der Waals surface area contributed by atoms with E-state index in [0.717, 1.165) is 37.9 Å². The lowest BCUT2D eigenvalue weighted by molar-refractivity contribution is -0.139. The molecule has 1 saturated heterocycles. The quantitative estimate of drug-likeness (QED) is 0.135. The van der Waals surface area contributed by atoms with Crippen molar-refractivity contribution in [1.82, 2.24) is 9.62 Å². The molecule has 1 aliphatic heterocycles. The fraction of sp³-hybridized carbons (Fsp3) is 0.457. The SMILES string of the molecule is CC1=C2OC(C)(C)CC2C(C)C(S(=O)(=O)N(CCCC[C@H](NC(=O)OCC2c3ccccc3-c3ccccc32)C(=O)O)C(=N)N)=C1C. The second kappa shape index (κ2) is 13.1. The Bertz CT molecular complexity index is 1720. The van der Waals surface area contributed by atoms with Crippen LogP contribution in [0.1, 0.15) is 77.3 Å². The molecule has 2 aromatic rings. The Hall–Kier alpha value is -4.32. The number of hydrogen-bond donors (Lipinski definition) is 4. The molecule has 2 unspecified atom stereocenters. The van der Waals surface area contributed by atoms with E-state index in [4.69, 9.17) is 20.6 Å². The third kappa shape index (κ3) is 6.60. The van der Waals surface area contributed by atoms with Crippen LogP contribution in [0.4, 0.5) is 4.79 Å². The first-order valence-corrected chi connectivity index (χ1v) is 17.4. The monoisotopic (exact) mass is 664 g/mol. The molecule has 12 heteroatoms.